The molecule has 112 valence electrons. The molecule has 0 radical (unpaired) electrons. The molecule has 0 spiro atoms. The van der Waals surface area contributed by atoms with Crippen LogP contribution < -0.4 is 10.6 Å². The van der Waals surface area contributed by atoms with Crippen molar-refractivity contribution in [2.24, 2.45) is 11.7 Å². The molecular weight excluding hydrogens is 255 g/mol. The van der Waals surface area contributed by atoms with Crippen molar-refractivity contribution in [1.82, 2.24) is 4.90 Å². The monoisotopic (exact) mass is 280 g/mol. The van der Waals surface area contributed by atoms with Crippen LogP contribution in [0.3, 0.4) is 0 Å². The van der Waals surface area contributed by atoms with Gasteiger partial charge in [-0.3, -0.25) is 5.41 Å². The van der Waals surface area contributed by atoms with E-state index in [4.69, 9.17) is 11.1 Å². The molecule has 0 amide bonds. The zero-order valence-corrected chi connectivity index (χ0v) is 12.8. The lowest BCUT2D eigenvalue weighted by Gasteiger charge is -2.30. The highest BCUT2D eigenvalue weighted by Crippen LogP contribution is 2.23. The molecule has 0 aromatic heterocycles. The fourth-order valence-electron chi connectivity index (χ4n) is 2.11. The van der Waals surface area contributed by atoms with Crippen molar-refractivity contribution < 1.29 is 4.39 Å². The van der Waals surface area contributed by atoms with Crippen molar-refractivity contribution in [2.75, 3.05) is 38.6 Å². The average Bonchev–Trinajstić information content (AvgIpc) is 2.33. The molecule has 0 saturated heterocycles. The van der Waals surface area contributed by atoms with Crippen LogP contribution in [0.1, 0.15) is 19.4 Å². The number of nitrogen functional groups attached to an aromatic ring is 1. The second kappa shape index (κ2) is 7.24. The molecule has 0 saturated carbocycles. The first-order valence-corrected chi connectivity index (χ1v) is 6.85. The molecule has 0 aliphatic rings. The molecule has 0 fully saturated rings. The molecule has 0 unspecified atom stereocenters. The largest absolute Gasteiger partial charge is 0.384 e. The molecule has 0 aliphatic carbocycles. The van der Waals surface area contributed by atoms with Gasteiger partial charge in [0.05, 0.1) is 11.3 Å². The van der Waals surface area contributed by atoms with Crippen LogP contribution in [0, 0.1) is 17.1 Å². The van der Waals surface area contributed by atoms with Crippen LogP contribution in [0.25, 0.3) is 0 Å². The second-order valence-electron chi connectivity index (χ2n) is 5.69. The van der Waals surface area contributed by atoms with Gasteiger partial charge in [0.2, 0.25) is 0 Å². The lowest BCUT2D eigenvalue weighted by Crippen LogP contribution is -2.36. The van der Waals surface area contributed by atoms with Gasteiger partial charge in [-0.1, -0.05) is 19.9 Å². The van der Waals surface area contributed by atoms with E-state index in [0.717, 1.165) is 19.6 Å². The lowest BCUT2D eigenvalue weighted by molar-refractivity contribution is 0.409. The smallest absolute Gasteiger partial charge is 0.136 e. The minimum Gasteiger partial charge on any atom is -0.384 e. The molecule has 0 atom stereocenters. The number of nitrogens with zero attached hydrogens (tertiary/aromatic N) is 2. The maximum atomic E-state index is 13.9. The Morgan fingerprint density at radius 3 is 2.45 bits per heavy atom. The summed E-state index contributed by atoms with van der Waals surface area (Å²) < 4.78 is 13.9. The SMILES string of the molecule is CC(C)CN(CCN(C)C)c1cccc(F)c1C(=N)N. The van der Waals surface area contributed by atoms with Gasteiger partial charge in [-0.05, 0) is 32.1 Å². The van der Waals surface area contributed by atoms with Gasteiger partial charge in [-0.25, -0.2) is 4.39 Å². The zero-order valence-electron chi connectivity index (χ0n) is 12.8. The quantitative estimate of drug-likeness (QED) is 0.594. The number of anilines is 1. The van der Waals surface area contributed by atoms with Crippen molar-refractivity contribution in [2.45, 2.75) is 13.8 Å². The highest BCUT2D eigenvalue weighted by Gasteiger charge is 2.17. The number of hydrogen-bond acceptors (Lipinski definition) is 3. The van der Waals surface area contributed by atoms with Crippen molar-refractivity contribution in [3.8, 4) is 0 Å². The van der Waals surface area contributed by atoms with Gasteiger partial charge in [-0.15, -0.1) is 0 Å². The number of rotatable bonds is 7. The fourth-order valence-corrected chi connectivity index (χ4v) is 2.11. The van der Waals surface area contributed by atoms with Gasteiger partial charge in [-0.2, -0.15) is 0 Å². The number of hydrogen-bond donors (Lipinski definition) is 2. The molecular formula is C15H25FN4. The van der Waals surface area contributed by atoms with E-state index in [1.165, 1.54) is 6.07 Å². The van der Waals surface area contributed by atoms with Crippen molar-refractivity contribution in [3.05, 3.63) is 29.6 Å². The van der Waals surface area contributed by atoms with E-state index in [1.54, 1.807) is 6.07 Å². The van der Waals surface area contributed by atoms with E-state index in [0.29, 0.717) is 11.6 Å². The van der Waals surface area contributed by atoms with Crippen LogP contribution in [-0.4, -0.2) is 44.5 Å². The lowest BCUT2D eigenvalue weighted by atomic mass is 10.1. The number of halogens is 1. The molecule has 20 heavy (non-hydrogen) atoms. The molecule has 3 N–H and O–H groups in total. The summed E-state index contributed by atoms with van der Waals surface area (Å²) in [6, 6.07) is 4.84. The molecule has 1 aromatic carbocycles. The maximum Gasteiger partial charge on any atom is 0.136 e. The number of nitrogens with two attached hydrogens (primary N) is 1. The Bertz CT molecular complexity index is 457. The summed E-state index contributed by atoms with van der Waals surface area (Å²) in [4.78, 5) is 4.19. The topological polar surface area (TPSA) is 56.4 Å². The first-order chi connectivity index (χ1) is 9.32. The molecule has 4 nitrogen and oxygen atoms in total. The summed E-state index contributed by atoms with van der Waals surface area (Å²) in [5.41, 5.74) is 6.45. The molecule has 5 heteroatoms. The number of nitrogens with one attached hydrogen (secondary N) is 1. The number of benzene rings is 1. The van der Waals surface area contributed by atoms with Crippen LogP contribution in [-0.2, 0) is 0 Å². The average molecular weight is 280 g/mol. The number of amidine groups is 1. The Morgan fingerprint density at radius 1 is 1.30 bits per heavy atom. The summed E-state index contributed by atoms with van der Waals surface area (Å²) in [6.45, 7) is 6.68. The summed E-state index contributed by atoms with van der Waals surface area (Å²) >= 11 is 0. The Labute approximate surface area is 120 Å². The minimum atomic E-state index is -0.436. The third kappa shape index (κ3) is 4.49. The van der Waals surface area contributed by atoms with Crippen molar-refractivity contribution >= 4 is 11.5 Å². The maximum absolute atomic E-state index is 13.9. The zero-order chi connectivity index (χ0) is 15.3. The van der Waals surface area contributed by atoms with Crippen LogP contribution >= 0.6 is 0 Å². The summed E-state index contributed by atoms with van der Waals surface area (Å²) in [7, 11) is 4.01. The van der Waals surface area contributed by atoms with Crippen LogP contribution in [0.5, 0.6) is 0 Å². The third-order valence-electron chi connectivity index (χ3n) is 3.00. The van der Waals surface area contributed by atoms with Crippen LogP contribution in [0.2, 0.25) is 0 Å². The molecule has 0 heterocycles. The standard InChI is InChI=1S/C15H25FN4/c1-11(2)10-20(9-8-19(3)4)13-7-5-6-12(16)14(13)15(17)18/h5-7,11H,8-10H2,1-4H3,(H3,17,18). The number of likely N-dealkylation sites (N-methyl/N-ethyl adjacent to an activating group) is 1. The summed E-state index contributed by atoms with van der Waals surface area (Å²) in [5, 5.41) is 7.61. The summed E-state index contributed by atoms with van der Waals surface area (Å²) in [5.74, 6) is -0.217. The molecule has 0 bridgehead atoms. The van der Waals surface area contributed by atoms with Gasteiger partial charge in [0.15, 0.2) is 0 Å². The Hall–Kier alpha value is -1.62. The van der Waals surface area contributed by atoms with E-state index in [9.17, 15) is 4.39 Å². The van der Waals surface area contributed by atoms with Crippen LogP contribution in [0.15, 0.2) is 18.2 Å². The normalized spacial score (nSPS) is 11.2. The van der Waals surface area contributed by atoms with Gasteiger partial charge in [0.1, 0.15) is 11.7 Å². The van der Waals surface area contributed by atoms with E-state index in [-0.39, 0.29) is 11.4 Å². The predicted octanol–water partition coefficient (Wildman–Crippen LogP) is 2.13. The van der Waals surface area contributed by atoms with E-state index < -0.39 is 5.82 Å². The fraction of sp³-hybridized carbons (Fsp3) is 0.533. The highest BCUT2D eigenvalue weighted by atomic mass is 19.1. The molecule has 1 aromatic rings. The van der Waals surface area contributed by atoms with Gasteiger partial charge < -0.3 is 15.5 Å². The second-order valence-corrected chi connectivity index (χ2v) is 5.69. The Morgan fingerprint density at radius 2 is 1.95 bits per heavy atom. The van der Waals surface area contributed by atoms with Crippen molar-refractivity contribution in [3.63, 3.8) is 0 Å². The minimum absolute atomic E-state index is 0.201. The Balaban J connectivity index is 3.12. The molecule has 1 rings (SSSR count). The Kier molecular flexibility index (Phi) is 5.95. The highest BCUT2D eigenvalue weighted by molar-refractivity contribution is 6.00. The first kappa shape index (κ1) is 16.4. The predicted molar refractivity (Wildman–Crippen MR) is 83.0 cm³/mol. The van der Waals surface area contributed by atoms with Gasteiger partial charge in [0.25, 0.3) is 0 Å². The van der Waals surface area contributed by atoms with Gasteiger partial charge >= 0.3 is 0 Å². The molecule has 0 aliphatic heterocycles. The van der Waals surface area contributed by atoms with Crippen LogP contribution in [0.4, 0.5) is 10.1 Å². The first-order valence-electron chi connectivity index (χ1n) is 6.85. The summed E-state index contributed by atoms with van der Waals surface area (Å²) in [6.07, 6.45) is 0. The van der Waals surface area contributed by atoms with E-state index >= 15 is 0 Å². The van der Waals surface area contributed by atoms with E-state index in [2.05, 4.69) is 23.6 Å². The van der Waals surface area contributed by atoms with E-state index in [1.807, 2.05) is 20.2 Å². The van der Waals surface area contributed by atoms with Crippen molar-refractivity contribution in [1.29, 1.82) is 5.41 Å². The van der Waals surface area contributed by atoms with Gasteiger partial charge in [0, 0.05) is 19.6 Å². The third-order valence-corrected chi connectivity index (χ3v) is 3.00.